The predicted octanol–water partition coefficient (Wildman–Crippen LogP) is 2.02. The van der Waals surface area contributed by atoms with Crippen LogP contribution in [0.25, 0.3) is 16.7 Å². The van der Waals surface area contributed by atoms with Crippen LogP contribution >= 0.6 is 0 Å². The fourth-order valence-corrected chi connectivity index (χ4v) is 2.09. The zero-order valence-corrected chi connectivity index (χ0v) is 9.83. The van der Waals surface area contributed by atoms with Gasteiger partial charge in [-0.15, -0.1) is 0 Å². The van der Waals surface area contributed by atoms with Crippen molar-refractivity contribution in [3.05, 3.63) is 64.6 Å². The van der Waals surface area contributed by atoms with Crippen molar-refractivity contribution in [1.29, 1.82) is 0 Å². The Morgan fingerprint density at radius 2 is 1.89 bits per heavy atom. The summed E-state index contributed by atoms with van der Waals surface area (Å²) in [5, 5.41) is 8.99. The molecule has 0 bridgehead atoms. The molecule has 3 rings (SSSR count). The van der Waals surface area contributed by atoms with Gasteiger partial charge in [-0.3, -0.25) is 4.57 Å². The van der Waals surface area contributed by atoms with Crippen molar-refractivity contribution in [3.63, 3.8) is 0 Å². The largest absolute Gasteiger partial charge is 0.478 e. The normalized spacial score (nSPS) is 10.7. The summed E-state index contributed by atoms with van der Waals surface area (Å²) in [5.74, 6) is -1.02. The molecule has 0 amide bonds. The molecule has 3 aromatic rings. The summed E-state index contributed by atoms with van der Waals surface area (Å²) in [6.07, 6.45) is 0. The Morgan fingerprint density at radius 3 is 2.68 bits per heavy atom. The van der Waals surface area contributed by atoms with E-state index in [1.165, 1.54) is 16.7 Å². The van der Waals surface area contributed by atoms with E-state index in [-0.39, 0.29) is 11.3 Å². The third kappa shape index (κ3) is 1.81. The summed E-state index contributed by atoms with van der Waals surface area (Å²) in [7, 11) is 0. The first-order valence-electron chi connectivity index (χ1n) is 5.70. The van der Waals surface area contributed by atoms with Gasteiger partial charge in [0.05, 0.1) is 22.3 Å². The van der Waals surface area contributed by atoms with Crippen molar-refractivity contribution in [2.75, 3.05) is 0 Å². The Bertz CT molecular complexity index is 830. The van der Waals surface area contributed by atoms with Crippen LogP contribution in [0.4, 0.5) is 0 Å². The fourth-order valence-electron chi connectivity index (χ4n) is 2.09. The zero-order chi connectivity index (χ0) is 13.4. The number of hydrogen-bond donors (Lipinski definition) is 2. The van der Waals surface area contributed by atoms with Crippen LogP contribution in [0.15, 0.2) is 53.3 Å². The number of imidazole rings is 1. The minimum absolute atomic E-state index is 0.148. The smallest absolute Gasteiger partial charge is 0.335 e. The molecule has 0 fully saturated rings. The molecular weight excluding hydrogens is 244 g/mol. The van der Waals surface area contributed by atoms with E-state index in [9.17, 15) is 9.59 Å². The van der Waals surface area contributed by atoms with Gasteiger partial charge < -0.3 is 10.1 Å². The number of carboxylic acid groups (broad SMARTS) is 1. The number of fused-ring (bicyclic) bond motifs is 1. The fraction of sp³-hybridized carbons (Fsp3) is 0. The summed E-state index contributed by atoms with van der Waals surface area (Å²) < 4.78 is 1.46. The minimum atomic E-state index is -1.02. The van der Waals surface area contributed by atoms with Gasteiger partial charge in [0, 0.05) is 0 Å². The first kappa shape index (κ1) is 11.3. The van der Waals surface area contributed by atoms with E-state index in [1.807, 2.05) is 12.1 Å². The Hall–Kier alpha value is -2.82. The Labute approximate surface area is 107 Å². The van der Waals surface area contributed by atoms with E-state index in [0.29, 0.717) is 11.2 Å². The number of hydrogen-bond acceptors (Lipinski definition) is 2. The third-order valence-corrected chi connectivity index (χ3v) is 2.94. The van der Waals surface area contributed by atoms with Gasteiger partial charge in [-0.2, -0.15) is 0 Å². The number of nitrogens with one attached hydrogen (secondary N) is 1. The summed E-state index contributed by atoms with van der Waals surface area (Å²) in [5.41, 5.74) is 1.82. The number of carbonyl (C=O) groups is 1. The van der Waals surface area contributed by atoms with E-state index in [2.05, 4.69) is 4.98 Å². The first-order chi connectivity index (χ1) is 9.16. The molecule has 2 N–H and O–H groups in total. The van der Waals surface area contributed by atoms with Gasteiger partial charge in [0.1, 0.15) is 0 Å². The van der Waals surface area contributed by atoms with Crippen molar-refractivity contribution in [2.45, 2.75) is 0 Å². The molecule has 2 aromatic carbocycles. The van der Waals surface area contributed by atoms with Crippen molar-refractivity contribution in [1.82, 2.24) is 9.55 Å². The van der Waals surface area contributed by atoms with Crippen LogP contribution in [-0.2, 0) is 0 Å². The van der Waals surface area contributed by atoms with Crippen LogP contribution in [0.3, 0.4) is 0 Å². The molecule has 0 radical (unpaired) electrons. The quantitative estimate of drug-likeness (QED) is 0.734. The standard InChI is InChI=1S/C14H10N2O3/c17-13(18)9-4-3-5-10(8-9)16-12-7-2-1-6-11(12)15-14(16)19/h1-8H,(H,15,19)(H,17,18). The molecule has 0 aliphatic rings. The second-order valence-electron chi connectivity index (χ2n) is 4.14. The van der Waals surface area contributed by atoms with Crippen LogP contribution in [0, 0.1) is 0 Å². The molecule has 0 atom stereocenters. The van der Waals surface area contributed by atoms with Gasteiger partial charge in [0.15, 0.2) is 0 Å². The number of para-hydroxylation sites is 2. The third-order valence-electron chi connectivity index (χ3n) is 2.94. The van der Waals surface area contributed by atoms with Crippen LogP contribution in [0.5, 0.6) is 0 Å². The van der Waals surface area contributed by atoms with E-state index in [0.717, 1.165) is 5.52 Å². The van der Waals surface area contributed by atoms with E-state index in [4.69, 9.17) is 5.11 Å². The van der Waals surface area contributed by atoms with Gasteiger partial charge >= 0.3 is 11.7 Å². The second kappa shape index (κ2) is 4.13. The molecule has 0 saturated carbocycles. The molecule has 5 nitrogen and oxygen atoms in total. The zero-order valence-electron chi connectivity index (χ0n) is 9.83. The van der Waals surface area contributed by atoms with Crippen LogP contribution in [0.2, 0.25) is 0 Å². The number of rotatable bonds is 2. The maximum Gasteiger partial charge on any atom is 0.335 e. The molecule has 19 heavy (non-hydrogen) atoms. The van der Waals surface area contributed by atoms with Crippen molar-refractivity contribution in [2.24, 2.45) is 0 Å². The molecule has 0 saturated heterocycles. The van der Waals surface area contributed by atoms with E-state index < -0.39 is 5.97 Å². The van der Waals surface area contributed by atoms with Crippen molar-refractivity contribution in [3.8, 4) is 5.69 Å². The van der Waals surface area contributed by atoms with Crippen molar-refractivity contribution >= 4 is 17.0 Å². The SMILES string of the molecule is O=C(O)c1cccc(-n2c(=O)[nH]c3ccccc32)c1. The molecular formula is C14H10N2O3. The highest BCUT2D eigenvalue weighted by Gasteiger charge is 2.10. The number of H-pyrrole nitrogens is 1. The van der Waals surface area contributed by atoms with Crippen LogP contribution in [-0.4, -0.2) is 20.6 Å². The number of carboxylic acids is 1. The number of benzene rings is 2. The summed E-state index contributed by atoms with van der Waals surface area (Å²) in [4.78, 5) is 25.7. The lowest BCUT2D eigenvalue weighted by atomic mass is 10.2. The van der Waals surface area contributed by atoms with Crippen molar-refractivity contribution < 1.29 is 9.90 Å². The van der Waals surface area contributed by atoms with E-state index >= 15 is 0 Å². The Kier molecular flexibility index (Phi) is 2.45. The lowest BCUT2D eigenvalue weighted by Crippen LogP contribution is -2.15. The summed E-state index contributed by atoms with van der Waals surface area (Å²) in [6.45, 7) is 0. The van der Waals surface area contributed by atoms with Gasteiger partial charge in [0.25, 0.3) is 0 Å². The molecule has 5 heteroatoms. The lowest BCUT2D eigenvalue weighted by molar-refractivity contribution is 0.0697. The maximum atomic E-state index is 12.0. The molecule has 0 unspecified atom stereocenters. The lowest BCUT2D eigenvalue weighted by Gasteiger charge is -2.04. The highest BCUT2D eigenvalue weighted by molar-refractivity contribution is 5.88. The monoisotopic (exact) mass is 254 g/mol. The highest BCUT2D eigenvalue weighted by Crippen LogP contribution is 2.16. The summed E-state index contributed by atoms with van der Waals surface area (Å²) in [6, 6.07) is 13.6. The van der Waals surface area contributed by atoms with Crippen LogP contribution < -0.4 is 5.69 Å². The molecule has 0 aliphatic carbocycles. The van der Waals surface area contributed by atoms with Gasteiger partial charge in [-0.05, 0) is 30.3 Å². The maximum absolute atomic E-state index is 12.0. The van der Waals surface area contributed by atoms with Crippen LogP contribution in [0.1, 0.15) is 10.4 Å². The number of aromatic carboxylic acids is 1. The Morgan fingerprint density at radius 1 is 1.11 bits per heavy atom. The van der Waals surface area contributed by atoms with E-state index in [1.54, 1.807) is 24.3 Å². The predicted molar refractivity (Wildman–Crippen MR) is 70.9 cm³/mol. The topological polar surface area (TPSA) is 75.1 Å². The molecule has 94 valence electrons. The van der Waals surface area contributed by atoms with Gasteiger partial charge in [0.2, 0.25) is 0 Å². The Balaban J connectivity index is 2.30. The molecule has 0 aliphatic heterocycles. The average molecular weight is 254 g/mol. The second-order valence-corrected chi connectivity index (χ2v) is 4.14. The first-order valence-corrected chi connectivity index (χ1v) is 5.70. The summed E-state index contributed by atoms with van der Waals surface area (Å²) >= 11 is 0. The molecule has 1 heterocycles. The minimum Gasteiger partial charge on any atom is -0.478 e. The number of aromatic amines is 1. The van der Waals surface area contributed by atoms with Gasteiger partial charge in [-0.25, -0.2) is 9.59 Å². The average Bonchev–Trinajstić information content (AvgIpc) is 2.74. The number of aromatic nitrogens is 2. The number of nitrogens with zero attached hydrogens (tertiary/aromatic N) is 1. The van der Waals surface area contributed by atoms with Gasteiger partial charge in [-0.1, -0.05) is 18.2 Å². The molecule has 0 spiro atoms. The highest BCUT2D eigenvalue weighted by atomic mass is 16.4. The molecule has 1 aromatic heterocycles.